The molecule has 0 aliphatic carbocycles. The number of benzene rings is 3. The van der Waals surface area contributed by atoms with Crippen LogP contribution in [0.5, 0.6) is 0 Å². The Kier molecular flexibility index (Phi) is 5.34. The lowest BCUT2D eigenvalue weighted by atomic mass is 9.95. The van der Waals surface area contributed by atoms with Gasteiger partial charge in [-0.05, 0) is 36.8 Å². The van der Waals surface area contributed by atoms with Crippen molar-refractivity contribution in [3.63, 3.8) is 0 Å². The van der Waals surface area contributed by atoms with Gasteiger partial charge in [0.05, 0.1) is 11.6 Å². The van der Waals surface area contributed by atoms with Crippen molar-refractivity contribution >= 4 is 28.8 Å². The minimum atomic E-state index is -0.715. The van der Waals surface area contributed by atoms with E-state index < -0.39 is 17.7 Å². The average Bonchev–Trinajstić information content (AvgIpc) is 3.05. The first kappa shape index (κ1) is 20.4. The Morgan fingerprint density at radius 1 is 0.871 bits per heavy atom. The van der Waals surface area contributed by atoms with E-state index in [2.05, 4.69) is 0 Å². The second-order valence-electron chi connectivity index (χ2n) is 7.86. The van der Waals surface area contributed by atoms with E-state index >= 15 is 0 Å². The Hall–Kier alpha value is -3.86. The van der Waals surface area contributed by atoms with Gasteiger partial charge in [-0.15, -0.1) is 0 Å². The quantitative estimate of drug-likeness (QED) is 0.384. The number of aryl methyl sites for hydroxylation is 1. The molecule has 1 heterocycles. The number of carbonyl (C=O) groups is 2. The molecule has 3 aromatic carbocycles. The molecule has 31 heavy (non-hydrogen) atoms. The van der Waals surface area contributed by atoms with Crippen molar-refractivity contribution in [1.29, 1.82) is 0 Å². The van der Waals surface area contributed by atoms with Gasteiger partial charge in [-0.2, -0.15) is 0 Å². The molecule has 1 aliphatic heterocycles. The van der Waals surface area contributed by atoms with E-state index in [9.17, 15) is 14.7 Å². The van der Waals surface area contributed by atoms with Crippen molar-refractivity contribution in [2.24, 2.45) is 0 Å². The Labute approximate surface area is 181 Å². The molecule has 4 rings (SSSR count). The number of rotatable bonds is 4. The van der Waals surface area contributed by atoms with Crippen LogP contribution in [0.25, 0.3) is 5.76 Å². The molecule has 1 N–H and O–H groups in total. The molecule has 0 unspecified atom stereocenters. The summed E-state index contributed by atoms with van der Waals surface area (Å²) in [6, 6.07) is 23.3. The van der Waals surface area contributed by atoms with Gasteiger partial charge in [-0.3, -0.25) is 14.5 Å². The summed E-state index contributed by atoms with van der Waals surface area (Å²) in [6.07, 6.45) is 0. The molecule has 0 aromatic heterocycles. The molecule has 1 amide bonds. The third kappa shape index (κ3) is 3.70. The lowest BCUT2D eigenvalue weighted by Crippen LogP contribution is -2.29. The fraction of sp³-hybridized carbons (Fsp3) is 0.154. The molecule has 1 saturated heterocycles. The standard InChI is InChI=1S/C26H24N2O3/c1-17-9-11-19(12-10-17)24(29)22-23(18-7-5-4-6-8-18)28(26(31)25(22)30)21-15-13-20(14-16-21)27(2)3/h4-16,23,29H,1-3H3/t23-/m0/s1. The summed E-state index contributed by atoms with van der Waals surface area (Å²) in [5.74, 6) is -1.51. The number of nitrogens with zero attached hydrogens (tertiary/aromatic N) is 2. The maximum Gasteiger partial charge on any atom is 0.300 e. The summed E-state index contributed by atoms with van der Waals surface area (Å²) in [4.78, 5) is 29.7. The number of amides is 1. The van der Waals surface area contributed by atoms with E-state index in [0.29, 0.717) is 11.3 Å². The normalized spacial score (nSPS) is 17.8. The maximum atomic E-state index is 13.1. The highest BCUT2D eigenvalue weighted by molar-refractivity contribution is 6.51. The van der Waals surface area contributed by atoms with E-state index in [1.807, 2.05) is 92.6 Å². The van der Waals surface area contributed by atoms with Crippen LogP contribution in [-0.2, 0) is 9.59 Å². The topological polar surface area (TPSA) is 60.9 Å². The Balaban J connectivity index is 1.89. The van der Waals surface area contributed by atoms with Gasteiger partial charge in [0.15, 0.2) is 0 Å². The molecule has 1 aliphatic rings. The maximum absolute atomic E-state index is 13.1. The molecule has 0 bridgehead atoms. The number of hydrogen-bond acceptors (Lipinski definition) is 4. The summed E-state index contributed by atoms with van der Waals surface area (Å²) in [5, 5.41) is 11.1. The van der Waals surface area contributed by atoms with Crippen molar-refractivity contribution in [3.05, 3.63) is 101 Å². The molecule has 5 heteroatoms. The summed E-state index contributed by atoms with van der Waals surface area (Å²) >= 11 is 0. The fourth-order valence-electron chi connectivity index (χ4n) is 3.83. The highest BCUT2D eigenvalue weighted by Gasteiger charge is 2.46. The van der Waals surface area contributed by atoms with Crippen LogP contribution in [0.3, 0.4) is 0 Å². The van der Waals surface area contributed by atoms with Crippen LogP contribution in [0, 0.1) is 6.92 Å². The number of Topliss-reactive ketones (excluding diaryl/α,β-unsaturated/α-hetero) is 1. The smallest absolute Gasteiger partial charge is 0.300 e. The van der Waals surface area contributed by atoms with Crippen LogP contribution < -0.4 is 9.80 Å². The monoisotopic (exact) mass is 412 g/mol. The number of carbonyl (C=O) groups excluding carboxylic acids is 2. The van der Waals surface area contributed by atoms with Crippen LogP contribution in [0.2, 0.25) is 0 Å². The molecule has 5 nitrogen and oxygen atoms in total. The zero-order chi connectivity index (χ0) is 22.1. The summed E-state index contributed by atoms with van der Waals surface area (Å²) in [5.41, 5.74) is 3.98. The molecular weight excluding hydrogens is 388 g/mol. The first-order valence-corrected chi connectivity index (χ1v) is 10.1. The molecule has 3 aromatic rings. The molecule has 0 radical (unpaired) electrons. The van der Waals surface area contributed by atoms with Gasteiger partial charge in [-0.1, -0.05) is 60.2 Å². The van der Waals surface area contributed by atoms with Crippen molar-refractivity contribution in [2.75, 3.05) is 23.9 Å². The predicted molar refractivity (Wildman–Crippen MR) is 123 cm³/mol. The summed E-state index contributed by atoms with van der Waals surface area (Å²) in [7, 11) is 3.87. The van der Waals surface area contributed by atoms with E-state index in [-0.39, 0.29) is 11.3 Å². The lowest BCUT2D eigenvalue weighted by molar-refractivity contribution is -0.132. The third-order valence-corrected chi connectivity index (χ3v) is 5.53. The number of hydrogen-bond donors (Lipinski definition) is 1. The van der Waals surface area contributed by atoms with Gasteiger partial charge in [0.1, 0.15) is 5.76 Å². The van der Waals surface area contributed by atoms with Gasteiger partial charge in [0.2, 0.25) is 0 Å². The number of ketones is 1. The summed E-state index contributed by atoms with van der Waals surface area (Å²) in [6.45, 7) is 1.95. The molecule has 1 atom stereocenters. The largest absolute Gasteiger partial charge is 0.507 e. The van der Waals surface area contributed by atoms with Gasteiger partial charge in [-0.25, -0.2) is 0 Å². The first-order chi connectivity index (χ1) is 14.9. The molecular formula is C26H24N2O3. The van der Waals surface area contributed by atoms with Crippen LogP contribution in [0.15, 0.2) is 84.4 Å². The number of aliphatic hydroxyl groups excluding tert-OH is 1. The van der Waals surface area contributed by atoms with Crippen LogP contribution in [-0.4, -0.2) is 30.9 Å². The minimum Gasteiger partial charge on any atom is -0.507 e. The zero-order valence-electron chi connectivity index (χ0n) is 17.7. The SMILES string of the molecule is Cc1ccc(C(O)=C2C(=O)C(=O)N(c3ccc(N(C)C)cc3)[C@H]2c2ccccc2)cc1. The molecule has 0 spiro atoms. The summed E-state index contributed by atoms with van der Waals surface area (Å²) < 4.78 is 0. The first-order valence-electron chi connectivity index (χ1n) is 10.1. The fourth-order valence-corrected chi connectivity index (χ4v) is 3.83. The van der Waals surface area contributed by atoms with Gasteiger partial charge < -0.3 is 10.0 Å². The molecule has 0 saturated carbocycles. The van der Waals surface area contributed by atoms with Gasteiger partial charge in [0, 0.05) is 31.0 Å². The highest BCUT2D eigenvalue weighted by atomic mass is 16.3. The van der Waals surface area contributed by atoms with E-state index in [4.69, 9.17) is 0 Å². The van der Waals surface area contributed by atoms with Crippen LogP contribution in [0.4, 0.5) is 11.4 Å². The average molecular weight is 412 g/mol. The lowest BCUT2D eigenvalue weighted by Gasteiger charge is -2.26. The highest BCUT2D eigenvalue weighted by Crippen LogP contribution is 2.42. The predicted octanol–water partition coefficient (Wildman–Crippen LogP) is 4.69. The Morgan fingerprint density at radius 2 is 1.48 bits per heavy atom. The van der Waals surface area contributed by atoms with Gasteiger partial charge >= 0.3 is 0 Å². The van der Waals surface area contributed by atoms with Crippen LogP contribution in [0.1, 0.15) is 22.7 Å². The van der Waals surface area contributed by atoms with Gasteiger partial charge in [0.25, 0.3) is 11.7 Å². The van der Waals surface area contributed by atoms with E-state index in [1.165, 1.54) is 4.90 Å². The van der Waals surface area contributed by atoms with Crippen LogP contribution >= 0.6 is 0 Å². The second-order valence-corrected chi connectivity index (χ2v) is 7.86. The second kappa shape index (κ2) is 8.11. The number of anilines is 2. The molecule has 1 fully saturated rings. The van der Waals surface area contributed by atoms with Crippen molar-refractivity contribution in [3.8, 4) is 0 Å². The Bertz CT molecular complexity index is 1150. The van der Waals surface area contributed by atoms with Crippen molar-refractivity contribution in [2.45, 2.75) is 13.0 Å². The van der Waals surface area contributed by atoms with Crippen molar-refractivity contribution in [1.82, 2.24) is 0 Å². The van der Waals surface area contributed by atoms with E-state index in [1.54, 1.807) is 12.1 Å². The third-order valence-electron chi connectivity index (χ3n) is 5.53. The molecule has 156 valence electrons. The zero-order valence-corrected chi connectivity index (χ0v) is 17.7. The van der Waals surface area contributed by atoms with E-state index in [0.717, 1.165) is 16.8 Å². The Morgan fingerprint density at radius 3 is 2.06 bits per heavy atom. The number of aliphatic hydroxyl groups is 1. The van der Waals surface area contributed by atoms with Crippen molar-refractivity contribution < 1.29 is 14.7 Å². The minimum absolute atomic E-state index is 0.0942.